The fraction of sp³-hybridized carbons (Fsp3) is 0.943. The van der Waals surface area contributed by atoms with E-state index in [0.717, 1.165) is 89.9 Å². The van der Waals surface area contributed by atoms with Crippen LogP contribution in [0.1, 0.15) is 368 Å². The lowest BCUT2D eigenvalue weighted by Crippen LogP contribution is -2.30. The maximum Gasteiger partial charge on any atom is 0.472 e. The van der Waals surface area contributed by atoms with E-state index in [2.05, 4.69) is 27.7 Å². The van der Waals surface area contributed by atoms with Gasteiger partial charge in [-0.1, -0.05) is 317 Å². The van der Waals surface area contributed by atoms with E-state index in [9.17, 15) is 43.2 Å². The zero-order valence-electron chi connectivity index (χ0n) is 57.4. The molecule has 0 saturated heterocycles. The Morgan fingerprint density at radius 3 is 0.663 bits per heavy atom. The van der Waals surface area contributed by atoms with Crippen molar-refractivity contribution >= 4 is 39.5 Å². The Morgan fingerprint density at radius 1 is 0.270 bits per heavy atom. The van der Waals surface area contributed by atoms with E-state index in [1.807, 2.05) is 0 Å². The van der Waals surface area contributed by atoms with Crippen LogP contribution in [-0.4, -0.2) is 96.7 Å². The van der Waals surface area contributed by atoms with Gasteiger partial charge in [-0.25, -0.2) is 9.13 Å². The minimum Gasteiger partial charge on any atom is -0.462 e. The molecule has 0 aromatic rings. The Balaban J connectivity index is 5.23. The van der Waals surface area contributed by atoms with Crippen molar-refractivity contribution in [2.45, 2.75) is 386 Å². The predicted octanol–water partition coefficient (Wildman–Crippen LogP) is 20.3. The van der Waals surface area contributed by atoms with Gasteiger partial charge in [-0.15, -0.1) is 0 Å². The summed E-state index contributed by atoms with van der Waals surface area (Å²) in [6, 6.07) is 0. The maximum atomic E-state index is 13.0. The molecule has 5 atom stereocenters. The van der Waals surface area contributed by atoms with Crippen molar-refractivity contribution in [3.63, 3.8) is 0 Å². The van der Waals surface area contributed by atoms with Gasteiger partial charge in [-0.05, 0) is 25.7 Å². The van der Waals surface area contributed by atoms with E-state index in [1.165, 1.54) is 199 Å². The van der Waals surface area contributed by atoms with Gasteiger partial charge in [0.25, 0.3) is 0 Å². The van der Waals surface area contributed by atoms with Crippen LogP contribution >= 0.6 is 15.6 Å². The van der Waals surface area contributed by atoms with E-state index >= 15 is 0 Å². The normalized spacial score (nSPS) is 14.0. The number of rotatable bonds is 71. The first-order valence-electron chi connectivity index (χ1n) is 36.8. The molecule has 528 valence electrons. The number of aliphatic hydroxyl groups excluding tert-OH is 1. The summed E-state index contributed by atoms with van der Waals surface area (Å²) in [5.41, 5.74) is 0. The third-order valence-electron chi connectivity index (χ3n) is 16.4. The van der Waals surface area contributed by atoms with Crippen LogP contribution in [0.3, 0.4) is 0 Å². The minimum atomic E-state index is -4.95. The monoisotopic (exact) mass is 1310 g/mol. The van der Waals surface area contributed by atoms with Crippen LogP contribution in [-0.2, 0) is 65.4 Å². The van der Waals surface area contributed by atoms with Crippen molar-refractivity contribution in [1.29, 1.82) is 0 Å². The first-order chi connectivity index (χ1) is 43.2. The molecular weight excluding hydrogens is 1170 g/mol. The van der Waals surface area contributed by atoms with E-state index in [0.29, 0.717) is 25.7 Å². The molecule has 0 fully saturated rings. The number of carbonyl (C=O) groups is 4. The zero-order valence-corrected chi connectivity index (χ0v) is 59.2. The Hall–Kier alpha value is -1.94. The summed E-state index contributed by atoms with van der Waals surface area (Å²) in [6.07, 6.45) is 52.5. The molecule has 3 N–H and O–H groups in total. The molecule has 0 saturated carbocycles. The molecule has 0 aromatic heterocycles. The standard InChI is InChI=1S/C70H136O17P2/c1-5-9-13-17-21-25-28-31-34-37-41-45-49-53-57-70(75)87-66(61-81-68(73)55-51-47-43-39-35-32-29-26-22-18-14-10-6-2)63-85-89(78,79)83-59-64(71)58-82-88(76,77)84-62-65(60-80-67(72)54-50-46-42-38-24-20-16-12-8-4)86-69(74)56-52-48-44-40-36-33-30-27-23-19-15-11-7-3/h64-66,71H,5-63H2,1-4H3,(H,76,77)(H,78,79)/t64-,65+,66+/m0/s1. The van der Waals surface area contributed by atoms with Gasteiger partial charge in [-0.2, -0.15) is 0 Å². The lowest BCUT2D eigenvalue weighted by atomic mass is 10.0. The molecule has 0 radical (unpaired) electrons. The maximum absolute atomic E-state index is 13.0. The molecular formula is C70H136O17P2. The van der Waals surface area contributed by atoms with Gasteiger partial charge >= 0.3 is 39.5 Å². The summed E-state index contributed by atoms with van der Waals surface area (Å²) in [6.45, 7) is 4.94. The fourth-order valence-electron chi connectivity index (χ4n) is 10.7. The highest BCUT2D eigenvalue weighted by Gasteiger charge is 2.30. The Labute approximate surface area is 543 Å². The van der Waals surface area contributed by atoms with E-state index in [4.69, 9.17) is 37.0 Å². The van der Waals surface area contributed by atoms with Crippen LogP contribution < -0.4 is 0 Å². The van der Waals surface area contributed by atoms with Crippen molar-refractivity contribution in [1.82, 2.24) is 0 Å². The number of aliphatic hydroxyl groups is 1. The third-order valence-corrected chi connectivity index (χ3v) is 18.3. The molecule has 0 heterocycles. The number of esters is 4. The van der Waals surface area contributed by atoms with Gasteiger partial charge in [0.15, 0.2) is 12.2 Å². The smallest absolute Gasteiger partial charge is 0.462 e. The van der Waals surface area contributed by atoms with Crippen LogP contribution in [0.4, 0.5) is 0 Å². The minimum absolute atomic E-state index is 0.108. The van der Waals surface area contributed by atoms with Crippen LogP contribution in [0.5, 0.6) is 0 Å². The number of phosphoric acid groups is 2. The van der Waals surface area contributed by atoms with Crippen LogP contribution in [0.25, 0.3) is 0 Å². The van der Waals surface area contributed by atoms with Gasteiger partial charge in [0.1, 0.15) is 19.3 Å². The largest absolute Gasteiger partial charge is 0.472 e. The molecule has 2 unspecified atom stereocenters. The van der Waals surface area contributed by atoms with Gasteiger partial charge in [0, 0.05) is 25.7 Å². The summed E-state index contributed by atoms with van der Waals surface area (Å²) in [4.78, 5) is 72.5. The number of ether oxygens (including phenoxy) is 4. The van der Waals surface area contributed by atoms with Crippen molar-refractivity contribution in [3.8, 4) is 0 Å². The summed E-state index contributed by atoms with van der Waals surface area (Å²) in [7, 11) is -9.90. The average molecular weight is 1310 g/mol. The summed E-state index contributed by atoms with van der Waals surface area (Å²) < 4.78 is 68.3. The SMILES string of the molecule is CCCCCCCCCCCCCCCCC(=O)O[C@H](COC(=O)CCCCCCCCCCCCCCC)COP(=O)(O)OC[C@@H](O)COP(=O)(O)OC[C@@H](COC(=O)CCCCCCCCCCC)OC(=O)CCCCCCCCCCCCCCC. The lowest BCUT2D eigenvalue weighted by Gasteiger charge is -2.21. The lowest BCUT2D eigenvalue weighted by molar-refractivity contribution is -0.161. The second-order valence-electron chi connectivity index (χ2n) is 25.3. The molecule has 0 rings (SSSR count). The molecule has 17 nitrogen and oxygen atoms in total. The van der Waals surface area contributed by atoms with Gasteiger partial charge < -0.3 is 33.8 Å². The van der Waals surface area contributed by atoms with E-state index in [1.54, 1.807) is 0 Å². The number of hydrogen-bond donors (Lipinski definition) is 3. The second kappa shape index (κ2) is 64.8. The van der Waals surface area contributed by atoms with Gasteiger partial charge in [0.2, 0.25) is 0 Å². The highest BCUT2D eigenvalue weighted by molar-refractivity contribution is 7.47. The topological polar surface area (TPSA) is 237 Å². The molecule has 0 amide bonds. The second-order valence-corrected chi connectivity index (χ2v) is 28.2. The molecule has 0 aromatic carbocycles. The first-order valence-corrected chi connectivity index (χ1v) is 39.8. The fourth-order valence-corrected chi connectivity index (χ4v) is 12.3. The van der Waals surface area contributed by atoms with E-state index in [-0.39, 0.29) is 25.7 Å². The number of unbranched alkanes of at least 4 members (excludes halogenated alkanes) is 45. The Kier molecular flexibility index (Phi) is 63.3. The van der Waals surface area contributed by atoms with Crippen LogP contribution in [0, 0.1) is 0 Å². The van der Waals surface area contributed by atoms with Crippen molar-refractivity contribution in [2.75, 3.05) is 39.6 Å². The molecule has 19 heteroatoms. The van der Waals surface area contributed by atoms with Crippen molar-refractivity contribution in [2.24, 2.45) is 0 Å². The molecule has 0 aliphatic heterocycles. The van der Waals surface area contributed by atoms with Crippen LogP contribution in [0.2, 0.25) is 0 Å². The summed E-state index contributed by atoms with van der Waals surface area (Å²) >= 11 is 0. The quantitative estimate of drug-likeness (QED) is 0.0222. The molecule has 0 spiro atoms. The Bertz CT molecular complexity index is 1710. The Morgan fingerprint density at radius 2 is 0.449 bits per heavy atom. The number of carbonyl (C=O) groups excluding carboxylic acids is 4. The third kappa shape index (κ3) is 64.6. The number of hydrogen-bond acceptors (Lipinski definition) is 15. The highest BCUT2D eigenvalue weighted by Crippen LogP contribution is 2.45. The molecule has 89 heavy (non-hydrogen) atoms. The molecule has 0 bridgehead atoms. The van der Waals surface area contributed by atoms with Crippen molar-refractivity contribution in [3.05, 3.63) is 0 Å². The summed E-state index contributed by atoms with van der Waals surface area (Å²) in [5, 5.41) is 10.6. The number of phosphoric ester groups is 2. The highest BCUT2D eigenvalue weighted by atomic mass is 31.2. The van der Waals surface area contributed by atoms with Gasteiger partial charge in [-0.3, -0.25) is 37.3 Å². The van der Waals surface area contributed by atoms with Gasteiger partial charge in [0.05, 0.1) is 26.4 Å². The predicted molar refractivity (Wildman–Crippen MR) is 359 cm³/mol. The van der Waals surface area contributed by atoms with E-state index < -0.39 is 97.5 Å². The zero-order chi connectivity index (χ0) is 65.4. The molecule has 0 aliphatic carbocycles. The first kappa shape index (κ1) is 87.1. The average Bonchev–Trinajstić information content (AvgIpc) is 3.63. The summed E-state index contributed by atoms with van der Waals surface area (Å²) in [5.74, 6) is -2.12. The van der Waals surface area contributed by atoms with Crippen molar-refractivity contribution < 1.29 is 80.2 Å². The van der Waals surface area contributed by atoms with Crippen LogP contribution in [0.15, 0.2) is 0 Å². The molecule has 0 aliphatic rings.